The topological polar surface area (TPSA) is 84.8 Å². The Morgan fingerprint density at radius 3 is 3.04 bits per heavy atom. The molecule has 0 bridgehead atoms. The molecule has 2 N–H and O–H groups in total. The van der Waals surface area contributed by atoms with Gasteiger partial charge in [0.2, 0.25) is 0 Å². The van der Waals surface area contributed by atoms with Crippen LogP contribution in [0.15, 0.2) is 35.3 Å². The molecule has 3 aromatic rings. The molecule has 1 atom stereocenters. The summed E-state index contributed by atoms with van der Waals surface area (Å²) >= 11 is 0. The van der Waals surface area contributed by atoms with Crippen LogP contribution in [0, 0.1) is 0 Å². The van der Waals surface area contributed by atoms with Gasteiger partial charge in [-0.2, -0.15) is 5.10 Å². The summed E-state index contributed by atoms with van der Waals surface area (Å²) in [6.45, 7) is 4.44. The first-order valence-corrected chi connectivity index (χ1v) is 9.14. The summed E-state index contributed by atoms with van der Waals surface area (Å²) in [4.78, 5) is 20.1. The molecule has 7 heteroatoms. The molecule has 0 radical (unpaired) electrons. The van der Waals surface area contributed by atoms with E-state index in [2.05, 4.69) is 15.4 Å². The Bertz CT molecular complexity index is 956. The van der Waals surface area contributed by atoms with Gasteiger partial charge >= 0.3 is 0 Å². The third-order valence-electron chi connectivity index (χ3n) is 4.76. The second-order valence-electron chi connectivity index (χ2n) is 6.56. The summed E-state index contributed by atoms with van der Waals surface area (Å²) in [5.41, 5.74) is 1.52. The van der Waals surface area contributed by atoms with Crippen molar-refractivity contribution in [3.05, 3.63) is 52.2 Å². The average Bonchev–Trinajstić information content (AvgIpc) is 3.09. The van der Waals surface area contributed by atoms with Gasteiger partial charge in [0.15, 0.2) is 5.65 Å². The molecule has 1 saturated heterocycles. The molecule has 0 spiro atoms. The van der Waals surface area contributed by atoms with Crippen LogP contribution in [0.25, 0.3) is 11.0 Å². The third kappa shape index (κ3) is 3.22. The predicted molar refractivity (Wildman–Crippen MR) is 99.7 cm³/mol. The number of nitrogens with one attached hydrogen (secondary N) is 2. The number of benzene rings is 1. The number of fused-ring (bicyclic) bond motifs is 1. The second-order valence-corrected chi connectivity index (χ2v) is 6.56. The summed E-state index contributed by atoms with van der Waals surface area (Å²) in [6, 6.07) is 8.08. The molecule has 1 aliphatic rings. The van der Waals surface area contributed by atoms with E-state index in [9.17, 15) is 4.79 Å². The monoisotopic (exact) mass is 353 g/mol. The van der Waals surface area contributed by atoms with Crippen molar-refractivity contribution < 1.29 is 4.74 Å². The van der Waals surface area contributed by atoms with Gasteiger partial charge in [0.1, 0.15) is 17.0 Å². The van der Waals surface area contributed by atoms with E-state index >= 15 is 0 Å². The average molecular weight is 353 g/mol. The lowest BCUT2D eigenvalue weighted by Gasteiger charge is -2.23. The molecule has 1 unspecified atom stereocenters. The lowest BCUT2D eigenvalue weighted by molar-refractivity contribution is 0.337. The zero-order valence-electron chi connectivity index (χ0n) is 14.9. The smallest absolute Gasteiger partial charge is 0.262 e. The minimum atomic E-state index is -0.145. The molecule has 26 heavy (non-hydrogen) atoms. The Morgan fingerprint density at radius 2 is 2.23 bits per heavy atom. The first kappa shape index (κ1) is 16.8. The van der Waals surface area contributed by atoms with Gasteiger partial charge in [-0.15, -0.1) is 0 Å². The number of nitrogens with zero attached hydrogens (tertiary/aromatic N) is 3. The maximum Gasteiger partial charge on any atom is 0.262 e. The number of hydrogen-bond acceptors (Lipinski definition) is 5. The van der Waals surface area contributed by atoms with Crippen molar-refractivity contribution in [3.63, 3.8) is 0 Å². The second kappa shape index (κ2) is 7.29. The lowest BCUT2D eigenvalue weighted by atomic mass is 10.1. The van der Waals surface area contributed by atoms with Gasteiger partial charge in [-0.05, 0) is 32.4 Å². The van der Waals surface area contributed by atoms with Crippen molar-refractivity contribution in [2.75, 3.05) is 19.7 Å². The van der Waals surface area contributed by atoms with Crippen LogP contribution in [0.2, 0.25) is 0 Å². The van der Waals surface area contributed by atoms with E-state index in [1.54, 1.807) is 6.20 Å². The quantitative estimate of drug-likeness (QED) is 0.733. The molecule has 4 rings (SSSR count). The summed E-state index contributed by atoms with van der Waals surface area (Å²) < 4.78 is 7.58. The minimum absolute atomic E-state index is 0.145. The first-order chi connectivity index (χ1) is 12.8. The zero-order valence-corrected chi connectivity index (χ0v) is 14.9. The van der Waals surface area contributed by atoms with Gasteiger partial charge in [0.05, 0.1) is 18.8 Å². The number of para-hydroxylation sites is 1. The Labute approximate surface area is 151 Å². The zero-order chi connectivity index (χ0) is 17.9. The maximum absolute atomic E-state index is 12.5. The molecule has 1 aromatic carbocycles. The number of aromatic amines is 1. The molecular formula is C19H23N5O2. The van der Waals surface area contributed by atoms with E-state index in [4.69, 9.17) is 9.72 Å². The van der Waals surface area contributed by atoms with Crippen LogP contribution in [0.1, 0.15) is 37.2 Å². The first-order valence-electron chi connectivity index (χ1n) is 9.14. The minimum Gasteiger partial charge on any atom is -0.494 e. The standard InChI is InChI=1S/C19H23N5O2/c1-2-26-16-8-4-3-6-13(16)10-17-22-18-15(19(25)23-17)12-21-24(18)14-7-5-9-20-11-14/h3-4,6,8,12,14,20H,2,5,7,9-11H2,1H3,(H,22,23,25). The molecule has 3 heterocycles. The molecule has 1 fully saturated rings. The number of ether oxygens (including phenoxy) is 1. The van der Waals surface area contributed by atoms with Crippen LogP contribution >= 0.6 is 0 Å². The maximum atomic E-state index is 12.5. The van der Waals surface area contributed by atoms with Crippen molar-refractivity contribution >= 4 is 11.0 Å². The SMILES string of the molecule is CCOc1ccccc1Cc1nc2c(cnn2C2CCCNC2)c(=O)[nH]1. The lowest BCUT2D eigenvalue weighted by Crippen LogP contribution is -2.32. The van der Waals surface area contributed by atoms with Crippen molar-refractivity contribution in [3.8, 4) is 5.75 Å². The summed E-state index contributed by atoms with van der Waals surface area (Å²) in [6.07, 6.45) is 4.27. The van der Waals surface area contributed by atoms with Crippen LogP contribution in [0.3, 0.4) is 0 Å². The highest BCUT2D eigenvalue weighted by Crippen LogP contribution is 2.22. The molecule has 136 valence electrons. The van der Waals surface area contributed by atoms with Crippen LogP contribution in [-0.4, -0.2) is 39.4 Å². The van der Waals surface area contributed by atoms with Gasteiger partial charge in [0.25, 0.3) is 5.56 Å². The molecule has 2 aromatic heterocycles. The summed E-state index contributed by atoms with van der Waals surface area (Å²) in [5.74, 6) is 1.45. The van der Waals surface area contributed by atoms with E-state index in [0.29, 0.717) is 29.9 Å². The van der Waals surface area contributed by atoms with Crippen LogP contribution in [-0.2, 0) is 6.42 Å². The van der Waals surface area contributed by atoms with Gasteiger partial charge in [-0.3, -0.25) is 4.79 Å². The summed E-state index contributed by atoms with van der Waals surface area (Å²) in [5, 5.41) is 8.37. The number of H-pyrrole nitrogens is 1. The van der Waals surface area contributed by atoms with Crippen molar-refractivity contribution in [2.45, 2.75) is 32.2 Å². The Balaban J connectivity index is 1.71. The van der Waals surface area contributed by atoms with Gasteiger partial charge in [-0.25, -0.2) is 9.67 Å². The van der Waals surface area contributed by atoms with E-state index in [0.717, 1.165) is 37.2 Å². The largest absolute Gasteiger partial charge is 0.494 e. The van der Waals surface area contributed by atoms with Gasteiger partial charge < -0.3 is 15.0 Å². The van der Waals surface area contributed by atoms with Crippen molar-refractivity contribution in [1.82, 2.24) is 25.1 Å². The van der Waals surface area contributed by atoms with E-state index in [-0.39, 0.29) is 11.6 Å². The molecule has 7 nitrogen and oxygen atoms in total. The third-order valence-corrected chi connectivity index (χ3v) is 4.76. The fourth-order valence-electron chi connectivity index (χ4n) is 3.50. The highest BCUT2D eigenvalue weighted by molar-refractivity contribution is 5.73. The highest BCUT2D eigenvalue weighted by atomic mass is 16.5. The fourth-order valence-corrected chi connectivity index (χ4v) is 3.50. The van der Waals surface area contributed by atoms with Crippen LogP contribution < -0.4 is 15.6 Å². The molecule has 0 saturated carbocycles. The molecule has 0 aliphatic carbocycles. The van der Waals surface area contributed by atoms with Gasteiger partial charge in [0, 0.05) is 18.5 Å². The number of aromatic nitrogens is 4. The van der Waals surface area contributed by atoms with E-state index in [1.165, 1.54) is 0 Å². The van der Waals surface area contributed by atoms with E-state index < -0.39 is 0 Å². The van der Waals surface area contributed by atoms with Crippen LogP contribution in [0.5, 0.6) is 5.75 Å². The van der Waals surface area contributed by atoms with Crippen molar-refractivity contribution in [1.29, 1.82) is 0 Å². The fraction of sp³-hybridized carbons (Fsp3) is 0.421. The predicted octanol–water partition coefficient (Wildman–Crippen LogP) is 2.03. The number of piperidine rings is 1. The highest BCUT2D eigenvalue weighted by Gasteiger charge is 2.20. The number of hydrogen-bond donors (Lipinski definition) is 2. The van der Waals surface area contributed by atoms with Crippen molar-refractivity contribution in [2.24, 2.45) is 0 Å². The van der Waals surface area contributed by atoms with Crippen LogP contribution in [0.4, 0.5) is 0 Å². The Morgan fingerprint density at radius 1 is 1.35 bits per heavy atom. The Hall–Kier alpha value is -2.67. The summed E-state index contributed by atoms with van der Waals surface area (Å²) in [7, 11) is 0. The van der Waals surface area contributed by atoms with Gasteiger partial charge in [-0.1, -0.05) is 18.2 Å². The molecule has 0 amide bonds. The molecular weight excluding hydrogens is 330 g/mol. The van der Waals surface area contributed by atoms with E-state index in [1.807, 2.05) is 35.9 Å². The number of rotatable bonds is 5. The Kier molecular flexibility index (Phi) is 4.71. The molecule has 1 aliphatic heterocycles. The normalized spacial score (nSPS) is 17.5.